The van der Waals surface area contributed by atoms with Crippen LogP contribution in [0.5, 0.6) is 0 Å². The van der Waals surface area contributed by atoms with Crippen LogP contribution < -0.4 is 0 Å². The summed E-state index contributed by atoms with van der Waals surface area (Å²) in [7, 11) is 0. The topological polar surface area (TPSA) is 17.1 Å². The summed E-state index contributed by atoms with van der Waals surface area (Å²) >= 11 is 1.50. The van der Waals surface area contributed by atoms with Gasteiger partial charge in [0.15, 0.2) is 0 Å². The molecule has 3 heteroatoms. The molecular weight excluding hydrogens is 193 g/mol. The molecule has 0 aromatic rings. The van der Waals surface area contributed by atoms with Gasteiger partial charge in [-0.15, -0.1) is 0 Å². The molecule has 0 N–H and O–H groups in total. The van der Waals surface area contributed by atoms with Crippen molar-refractivity contribution in [3.8, 4) is 0 Å². The maximum absolute atomic E-state index is 8.10. The van der Waals surface area contributed by atoms with Gasteiger partial charge in [-0.2, -0.15) is 20.8 Å². The van der Waals surface area contributed by atoms with Gasteiger partial charge in [0.2, 0.25) is 0 Å². The van der Waals surface area contributed by atoms with E-state index in [9.17, 15) is 0 Å². The molecule has 0 aromatic heterocycles. The average Bonchev–Trinajstić information content (AvgIpc) is 1.41. The number of hydrogen-bond donors (Lipinski definition) is 0. The van der Waals surface area contributed by atoms with Crippen LogP contribution in [0.3, 0.4) is 0 Å². The summed E-state index contributed by atoms with van der Waals surface area (Å²) in [6.07, 6.45) is 0. The Labute approximate surface area is 78.2 Å². The first-order valence-corrected chi connectivity index (χ1v) is 2.26. The van der Waals surface area contributed by atoms with Gasteiger partial charge in [0.25, 0.3) is 0 Å². The first kappa shape index (κ1) is 15.8. The van der Waals surface area contributed by atoms with Gasteiger partial charge in [0.05, 0.1) is 0 Å². The molecule has 0 bridgehead atoms. The van der Waals surface area contributed by atoms with Crippen molar-refractivity contribution in [1.29, 1.82) is 0 Å². The molecule has 0 atom stereocenters. The Morgan fingerprint density at radius 3 is 1.14 bits per heavy atom. The van der Waals surface area contributed by atoms with Crippen molar-refractivity contribution in [2.45, 2.75) is 20.8 Å². The van der Waals surface area contributed by atoms with Crippen LogP contribution in [0.1, 0.15) is 20.8 Å². The second-order valence-electron chi connectivity index (χ2n) is 1.50. The molecule has 0 unspecified atom stereocenters. The van der Waals surface area contributed by atoms with E-state index in [1.165, 1.54) is 25.1 Å². The van der Waals surface area contributed by atoms with E-state index in [0.29, 0.717) is 0 Å². The van der Waals surface area contributed by atoms with Crippen molar-refractivity contribution in [2.24, 2.45) is 0 Å². The Hall–Kier alpha value is 1.46. The first-order valence-electron chi connectivity index (χ1n) is 1.63. The van der Waals surface area contributed by atoms with Crippen LogP contribution in [0.2, 0.25) is 0 Å². The third-order valence-corrected chi connectivity index (χ3v) is 0. The molecule has 0 saturated carbocycles. The number of rotatable bonds is 0. The molecule has 0 aliphatic heterocycles. The summed E-state index contributed by atoms with van der Waals surface area (Å²) in [6, 6.07) is 0. The van der Waals surface area contributed by atoms with Crippen molar-refractivity contribution < 1.29 is 22.6 Å². The van der Waals surface area contributed by atoms with Crippen LogP contribution in [0.25, 0.3) is 0 Å². The molecule has 7 heavy (non-hydrogen) atoms. The second-order valence-corrected chi connectivity index (χ2v) is 1.50. The average molecular weight is 203 g/mol. The molecule has 0 aliphatic carbocycles. The van der Waals surface area contributed by atoms with Gasteiger partial charge in [-0.3, -0.25) is 0 Å². The fourth-order valence-corrected chi connectivity index (χ4v) is 0. The Morgan fingerprint density at radius 1 is 1.14 bits per heavy atom. The molecule has 1 radical (unpaired) electrons. The Balaban J connectivity index is -0.0000000480. The molecule has 0 saturated heterocycles. The molecular formula is C4H9NaOPd-. The van der Waals surface area contributed by atoms with Gasteiger partial charge in [-0.25, -0.2) is 0 Å². The predicted octanol–water partition coefficient (Wildman–Crippen LogP) is 1.12. The monoisotopic (exact) mass is 202 g/mol. The molecule has 0 spiro atoms. The van der Waals surface area contributed by atoms with E-state index in [0.717, 1.165) is 0 Å². The van der Waals surface area contributed by atoms with Gasteiger partial charge >= 0.3 is 22.6 Å². The second kappa shape index (κ2) is 15.7. The summed E-state index contributed by atoms with van der Waals surface area (Å²) in [4.78, 5) is 0. The normalized spacial score (nSPS) is 6.00. The SMILES string of the molecule is C[C-](C)C.[Na].[O]=[Pd]. The van der Waals surface area contributed by atoms with E-state index < -0.39 is 0 Å². The number of hydrogen-bond acceptors (Lipinski definition) is 1. The fraction of sp³-hybridized carbons (Fsp3) is 0.750. The predicted molar refractivity (Wildman–Crippen MR) is 26.7 cm³/mol. The summed E-state index contributed by atoms with van der Waals surface area (Å²) < 4.78 is 8.10. The zero-order valence-corrected chi connectivity index (χ0v) is 8.78. The van der Waals surface area contributed by atoms with Crippen LogP contribution in [0, 0.1) is 5.92 Å². The van der Waals surface area contributed by atoms with Crippen LogP contribution in [0.4, 0.5) is 0 Å². The van der Waals surface area contributed by atoms with Crippen LogP contribution in [-0.4, -0.2) is 29.6 Å². The van der Waals surface area contributed by atoms with E-state index in [2.05, 4.69) is 20.8 Å². The van der Waals surface area contributed by atoms with E-state index >= 15 is 0 Å². The molecule has 0 amide bonds. The van der Waals surface area contributed by atoms with E-state index in [1.54, 1.807) is 0 Å². The van der Waals surface area contributed by atoms with Gasteiger partial charge in [0.1, 0.15) is 0 Å². The quantitative estimate of drug-likeness (QED) is 0.425. The van der Waals surface area contributed by atoms with Crippen LogP contribution in [-0.2, 0) is 22.6 Å². The minimum absolute atomic E-state index is 0. The molecule has 0 aromatic carbocycles. The Kier molecular flexibility index (Phi) is 35.3. The molecule has 0 fully saturated rings. The third kappa shape index (κ3) is 104. The zero-order valence-electron chi connectivity index (χ0n) is 5.22. The molecule has 0 rings (SSSR count). The fourth-order valence-electron chi connectivity index (χ4n) is 0. The zero-order chi connectivity index (χ0) is 5.58. The maximum atomic E-state index is 8.10. The van der Waals surface area contributed by atoms with Gasteiger partial charge in [0, 0.05) is 29.6 Å². The van der Waals surface area contributed by atoms with Gasteiger partial charge in [-0.1, -0.05) is 0 Å². The third-order valence-electron chi connectivity index (χ3n) is 0. The molecule has 0 heterocycles. The van der Waals surface area contributed by atoms with Crippen molar-refractivity contribution >= 4 is 29.6 Å². The standard InChI is InChI=1S/C4H9.Na.O.Pd/c1-4(2)3;;;/h1-3H3;;;/q-1;;;. The van der Waals surface area contributed by atoms with E-state index in [4.69, 9.17) is 3.47 Å². The van der Waals surface area contributed by atoms with Crippen LogP contribution >= 0.6 is 0 Å². The first-order chi connectivity index (χ1) is 2.73. The summed E-state index contributed by atoms with van der Waals surface area (Å²) in [5.41, 5.74) is 0. The summed E-state index contributed by atoms with van der Waals surface area (Å²) in [5.74, 6) is 1.42. The van der Waals surface area contributed by atoms with Gasteiger partial charge in [-0.05, 0) is 0 Å². The van der Waals surface area contributed by atoms with E-state index in [-0.39, 0.29) is 29.6 Å². The summed E-state index contributed by atoms with van der Waals surface area (Å²) in [5, 5.41) is 0. The molecule has 1 nitrogen and oxygen atoms in total. The Morgan fingerprint density at radius 2 is 1.14 bits per heavy atom. The van der Waals surface area contributed by atoms with E-state index in [1.807, 2.05) is 0 Å². The Bertz CT molecular complexity index is 22.9. The van der Waals surface area contributed by atoms with Crippen molar-refractivity contribution in [1.82, 2.24) is 0 Å². The molecule has 0 aliphatic rings. The van der Waals surface area contributed by atoms with Crippen molar-refractivity contribution in [3.05, 3.63) is 5.92 Å². The summed E-state index contributed by atoms with van der Waals surface area (Å²) in [6.45, 7) is 6.25. The van der Waals surface area contributed by atoms with Crippen molar-refractivity contribution in [2.75, 3.05) is 0 Å². The molecule has 43 valence electrons. The van der Waals surface area contributed by atoms with Gasteiger partial charge < -0.3 is 5.92 Å². The van der Waals surface area contributed by atoms with Crippen LogP contribution in [0.15, 0.2) is 0 Å². The minimum atomic E-state index is 0. The van der Waals surface area contributed by atoms with Crippen molar-refractivity contribution in [3.63, 3.8) is 0 Å².